The highest BCUT2D eigenvalue weighted by Crippen LogP contribution is 2.22. The van der Waals surface area contributed by atoms with Gasteiger partial charge in [0.15, 0.2) is 17.8 Å². The van der Waals surface area contributed by atoms with Gasteiger partial charge in [0.25, 0.3) is 0 Å². The summed E-state index contributed by atoms with van der Waals surface area (Å²) >= 11 is 0. The molecule has 5 heteroatoms. The van der Waals surface area contributed by atoms with Gasteiger partial charge in [-0.1, -0.05) is 0 Å². The number of aryl methyl sites for hydroxylation is 1. The highest BCUT2D eigenvalue weighted by Gasteiger charge is 2.10. The standard InChI is InChI=1S/C16H16N4O/c1-11-8-15-17-18-16(20(15)9-13(11)10-21)12-4-6-14(7-5-12)19(2)3/h4-10H,1-3H3. The summed E-state index contributed by atoms with van der Waals surface area (Å²) in [6.07, 6.45) is 2.64. The monoisotopic (exact) mass is 280 g/mol. The minimum Gasteiger partial charge on any atom is -0.378 e. The zero-order chi connectivity index (χ0) is 15.0. The first kappa shape index (κ1) is 13.3. The molecule has 21 heavy (non-hydrogen) atoms. The minimum absolute atomic E-state index is 0.647. The van der Waals surface area contributed by atoms with E-state index in [1.54, 1.807) is 6.20 Å². The van der Waals surface area contributed by atoms with Crippen molar-refractivity contribution >= 4 is 17.6 Å². The van der Waals surface area contributed by atoms with Crippen LogP contribution in [-0.2, 0) is 0 Å². The van der Waals surface area contributed by atoms with Crippen molar-refractivity contribution in [1.82, 2.24) is 14.6 Å². The molecule has 5 nitrogen and oxygen atoms in total. The molecular formula is C16H16N4O. The highest BCUT2D eigenvalue weighted by molar-refractivity contribution is 5.78. The molecule has 0 aliphatic rings. The van der Waals surface area contributed by atoms with Crippen LogP contribution in [0.3, 0.4) is 0 Å². The van der Waals surface area contributed by atoms with Crippen molar-refractivity contribution in [1.29, 1.82) is 0 Å². The number of anilines is 1. The van der Waals surface area contributed by atoms with Crippen molar-refractivity contribution in [2.45, 2.75) is 6.92 Å². The van der Waals surface area contributed by atoms with Crippen molar-refractivity contribution in [3.63, 3.8) is 0 Å². The number of aromatic nitrogens is 3. The fourth-order valence-corrected chi connectivity index (χ4v) is 2.28. The second-order valence-electron chi connectivity index (χ2n) is 5.22. The third-order valence-electron chi connectivity index (χ3n) is 3.56. The van der Waals surface area contributed by atoms with Crippen LogP contribution in [0.4, 0.5) is 5.69 Å². The Hall–Kier alpha value is -2.69. The molecule has 3 aromatic rings. The number of nitrogens with zero attached hydrogens (tertiary/aromatic N) is 4. The summed E-state index contributed by atoms with van der Waals surface area (Å²) in [6, 6.07) is 9.95. The Balaban J connectivity index is 2.13. The molecule has 0 N–H and O–H groups in total. The van der Waals surface area contributed by atoms with Gasteiger partial charge in [-0.25, -0.2) is 0 Å². The molecule has 3 rings (SSSR count). The topological polar surface area (TPSA) is 50.5 Å². The second-order valence-corrected chi connectivity index (χ2v) is 5.22. The number of carbonyl (C=O) groups excluding carboxylic acids is 1. The predicted octanol–water partition coefficient (Wildman–Crippen LogP) is 2.58. The van der Waals surface area contributed by atoms with E-state index >= 15 is 0 Å². The number of hydrogen-bond donors (Lipinski definition) is 0. The molecule has 0 unspecified atom stereocenters. The van der Waals surface area contributed by atoms with E-state index in [4.69, 9.17) is 0 Å². The maximum absolute atomic E-state index is 11.1. The van der Waals surface area contributed by atoms with E-state index in [1.165, 1.54) is 0 Å². The fraction of sp³-hybridized carbons (Fsp3) is 0.188. The van der Waals surface area contributed by atoms with E-state index in [2.05, 4.69) is 10.2 Å². The first-order valence-corrected chi connectivity index (χ1v) is 6.68. The summed E-state index contributed by atoms with van der Waals surface area (Å²) < 4.78 is 1.85. The van der Waals surface area contributed by atoms with Gasteiger partial charge in [0.2, 0.25) is 0 Å². The fourth-order valence-electron chi connectivity index (χ4n) is 2.28. The van der Waals surface area contributed by atoms with Crippen molar-refractivity contribution in [3.8, 4) is 11.4 Å². The van der Waals surface area contributed by atoms with Crippen LogP contribution in [0, 0.1) is 6.92 Å². The van der Waals surface area contributed by atoms with Gasteiger partial charge < -0.3 is 4.90 Å². The van der Waals surface area contributed by atoms with Gasteiger partial charge in [0.1, 0.15) is 0 Å². The Kier molecular flexibility index (Phi) is 3.17. The first-order valence-electron chi connectivity index (χ1n) is 6.68. The maximum Gasteiger partial charge on any atom is 0.168 e. The van der Waals surface area contributed by atoms with Crippen LogP contribution in [0.5, 0.6) is 0 Å². The summed E-state index contributed by atoms with van der Waals surface area (Å²) in [7, 11) is 4.00. The molecule has 2 heterocycles. The summed E-state index contributed by atoms with van der Waals surface area (Å²) in [5.74, 6) is 0.735. The number of pyridine rings is 1. The molecule has 0 radical (unpaired) electrons. The van der Waals surface area contributed by atoms with E-state index < -0.39 is 0 Å². The van der Waals surface area contributed by atoms with Crippen molar-refractivity contribution in [2.24, 2.45) is 0 Å². The van der Waals surface area contributed by atoms with Crippen molar-refractivity contribution in [2.75, 3.05) is 19.0 Å². The summed E-state index contributed by atoms with van der Waals surface area (Å²) in [6.45, 7) is 1.89. The van der Waals surface area contributed by atoms with E-state index in [9.17, 15) is 4.79 Å². The molecule has 0 atom stereocenters. The van der Waals surface area contributed by atoms with Gasteiger partial charge in [-0.2, -0.15) is 0 Å². The van der Waals surface area contributed by atoms with E-state index in [0.29, 0.717) is 5.56 Å². The quantitative estimate of drug-likeness (QED) is 0.692. The minimum atomic E-state index is 0.647. The molecule has 0 aliphatic carbocycles. The van der Waals surface area contributed by atoms with Crippen LogP contribution in [0.25, 0.3) is 17.0 Å². The number of benzene rings is 1. The lowest BCUT2D eigenvalue weighted by Gasteiger charge is -2.12. The molecule has 106 valence electrons. The predicted molar refractivity (Wildman–Crippen MR) is 82.9 cm³/mol. The normalized spacial score (nSPS) is 10.8. The average molecular weight is 280 g/mol. The lowest BCUT2D eigenvalue weighted by molar-refractivity contribution is 0.112. The Morgan fingerprint density at radius 1 is 1.14 bits per heavy atom. The number of fused-ring (bicyclic) bond motifs is 1. The number of aldehydes is 1. The molecule has 0 saturated heterocycles. The van der Waals surface area contributed by atoms with Gasteiger partial charge in [-0.3, -0.25) is 9.20 Å². The zero-order valence-corrected chi connectivity index (χ0v) is 12.2. The largest absolute Gasteiger partial charge is 0.378 e. The number of rotatable bonds is 3. The lowest BCUT2D eigenvalue weighted by Crippen LogP contribution is -2.08. The molecular weight excluding hydrogens is 264 g/mol. The molecule has 2 aromatic heterocycles. The Bertz CT molecular complexity index is 803. The van der Waals surface area contributed by atoms with Crippen LogP contribution in [0.1, 0.15) is 15.9 Å². The molecule has 0 bridgehead atoms. The van der Waals surface area contributed by atoms with E-state index in [1.807, 2.05) is 60.7 Å². The molecule has 0 aliphatic heterocycles. The number of hydrogen-bond acceptors (Lipinski definition) is 4. The summed E-state index contributed by atoms with van der Waals surface area (Å²) in [5, 5.41) is 8.42. The molecule has 0 spiro atoms. The highest BCUT2D eigenvalue weighted by atomic mass is 16.1. The van der Waals surface area contributed by atoms with Crippen LogP contribution in [0.15, 0.2) is 36.5 Å². The smallest absolute Gasteiger partial charge is 0.168 e. The van der Waals surface area contributed by atoms with E-state index in [-0.39, 0.29) is 0 Å². The molecule has 1 aromatic carbocycles. The van der Waals surface area contributed by atoms with Crippen molar-refractivity contribution < 1.29 is 4.79 Å². The summed E-state index contributed by atoms with van der Waals surface area (Å²) in [4.78, 5) is 13.1. The Labute approximate surface area is 122 Å². The Morgan fingerprint density at radius 3 is 2.48 bits per heavy atom. The second kappa shape index (κ2) is 5.01. The number of carbonyl (C=O) groups is 1. The SMILES string of the molecule is Cc1cc2nnc(-c3ccc(N(C)C)cc3)n2cc1C=O. The molecule has 0 saturated carbocycles. The average Bonchev–Trinajstić information content (AvgIpc) is 2.89. The van der Waals surface area contributed by atoms with Gasteiger partial charge in [0, 0.05) is 37.1 Å². The van der Waals surface area contributed by atoms with Crippen LogP contribution in [-0.4, -0.2) is 35.0 Å². The van der Waals surface area contributed by atoms with Gasteiger partial charge in [0.05, 0.1) is 0 Å². The molecule has 0 fully saturated rings. The van der Waals surface area contributed by atoms with Gasteiger partial charge in [-0.15, -0.1) is 10.2 Å². The van der Waals surface area contributed by atoms with E-state index in [0.717, 1.165) is 34.6 Å². The van der Waals surface area contributed by atoms with Crippen LogP contribution in [0.2, 0.25) is 0 Å². The third-order valence-corrected chi connectivity index (χ3v) is 3.56. The van der Waals surface area contributed by atoms with Gasteiger partial charge in [-0.05, 0) is 42.8 Å². The van der Waals surface area contributed by atoms with Crippen LogP contribution >= 0.6 is 0 Å². The lowest BCUT2D eigenvalue weighted by atomic mass is 10.1. The third kappa shape index (κ3) is 2.27. The zero-order valence-electron chi connectivity index (χ0n) is 12.2. The van der Waals surface area contributed by atoms with Crippen molar-refractivity contribution in [3.05, 3.63) is 47.7 Å². The summed E-state index contributed by atoms with van der Waals surface area (Å²) in [5.41, 5.74) is 4.38. The molecule has 0 amide bonds. The van der Waals surface area contributed by atoms with Gasteiger partial charge >= 0.3 is 0 Å². The van der Waals surface area contributed by atoms with Crippen LogP contribution < -0.4 is 4.90 Å². The maximum atomic E-state index is 11.1. The first-order chi connectivity index (χ1) is 10.1. The Morgan fingerprint density at radius 2 is 1.86 bits per heavy atom.